The van der Waals surface area contributed by atoms with E-state index in [1.54, 1.807) is 0 Å². The van der Waals surface area contributed by atoms with Crippen LogP contribution in [0.1, 0.15) is 0 Å². The molecule has 4 heteroatoms. The summed E-state index contributed by atoms with van der Waals surface area (Å²) < 4.78 is 6.11. The Kier molecular flexibility index (Phi) is 7.10. The van der Waals surface area contributed by atoms with Crippen LogP contribution in [0.25, 0.3) is 89.5 Å². The van der Waals surface area contributed by atoms with Gasteiger partial charge in [-0.1, -0.05) is 146 Å². The first-order valence-electron chi connectivity index (χ1n) is 16.4. The lowest BCUT2D eigenvalue weighted by atomic mass is 9.93. The number of benzene rings is 7. The molecule has 230 valence electrons. The fourth-order valence-corrected chi connectivity index (χ4v) is 6.49. The monoisotopic (exact) mass is 627 g/mol. The van der Waals surface area contributed by atoms with Gasteiger partial charge in [-0.25, -0.2) is 15.0 Å². The summed E-state index contributed by atoms with van der Waals surface area (Å²) in [6, 6.07) is 60.5. The van der Waals surface area contributed by atoms with Crippen molar-refractivity contribution in [3.63, 3.8) is 0 Å². The third-order valence-electron chi connectivity index (χ3n) is 8.97. The smallest absolute Gasteiger partial charge is 0.227 e. The van der Waals surface area contributed by atoms with E-state index in [2.05, 4.69) is 115 Å². The third kappa shape index (κ3) is 5.45. The molecule has 0 spiro atoms. The van der Waals surface area contributed by atoms with Crippen molar-refractivity contribution < 1.29 is 4.42 Å². The molecule has 0 saturated heterocycles. The van der Waals surface area contributed by atoms with E-state index in [9.17, 15) is 0 Å². The van der Waals surface area contributed by atoms with Gasteiger partial charge in [0.15, 0.2) is 11.4 Å². The first-order chi connectivity index (χ1) is 24.3. The van der Waals surface area contributed by atoms with Crippen molar-refractivity contribution in [3.05, 3.63) is 176 Å². The van der Waals surface area contributed by atoms with Gasteiger partial charge < -0.3 is 4.42 Å². The van der Waals surface area contributed by atoms with Crippen LogP contribution in [0.4, 0.5) is 0 Å². The minimum absolute atomic E-state index is 0.622. The molecule has 0 atom stereocenters. The van der Waals surface area contributed by atoms with Gasteiger partial charge in [-0.3, -0.25) is 0 Å². The van der Waals surface area contributed by atoms with E-state index in [0.717, 1.165) is 72.2 Å². The number of nitrogens with zero attached hydrogens (tertiary/aromatic N) is 3. The van der Waals surface area contributed by atoms with Crippen LogP contribution in [-0.4, -0.2) is 15.0 Å². The molecule has 0 amide bonds. The van der Waals surface area contributed by atoms with Gasteiger partial charge in [-0.05, 0) is 63.4 Å². The molecule has 0 fully saturated rings. The van der Waals surface area contributed by atoms with Gasteiger partial charge in [0.1, 0.15) is 5.52 Å². The Labute approximate surface area is 284 Å². The van der Waals surface area contributed by atoms with Gasteiger partial charge in [0.25, 0.3) is 0 Å². The Morgan fingerprint density at radius 1 is 0.347 bits per heavy atom. The summed E-state index contributed by atoms with van der Waals surface area (Å²) in [6.07, 6.45) is 0. The largest absolute Gasteiger partial charge is 0.436 e. The van der Waals surface area contributed by atoms with E-state index in [1.807, 2.05) is 60.7 Å². The highest BCUT2D eigenvalue weighted by atomic mass is 16.3. The number of aromatic nitrogens is 3. The molecule has 0 aliphatic heterocycles. The standard InChI is InChI=1S/C45H29N3O/c1-4-12-30(13-5-1)31-20-22-33(23-21-31)44-46-40(32-14-6-2-7-15-32)29-41(47-44)39-26-25-36(37-18-10-11-19-38(37)39)35-24-27-43-42(28-35)48-45(49-43)34-16-8-3-9-17-34/h1-29H. The van der Waals surface area contributed by atoms with Crippen LogP contribution in [0.2, 0.25) is 0 Å². The lowest BCUT2D eigenvalue weighted by molar-refractivity contribution is 0.620. The number of rotatable bonds is 6. The Morgan fingerprint density at radius 3 is 1.59 bits per heavy atom. The lowest BCUT2D eigenvalue weighted by Gasteiger charge is -2.14. The second kappa shape index (κ2) is 12.2. The van der Waals surface area contributed by atoms with Gasteiger partial charge >= 0.3 is 0 Å². The molecule has 7 aromatic carbocycles. The van der Waals surface area contributed by atoms with Crippen LogP contribution in [0.15, 0.2) is 180 Å². The molecule has 0 N–H and O–H groups in total. The molecular formula is C45H29N3O. The van der Waals surface area contributed by atoms with Crippen molar-refractivity contribution >= 4 is 21.9 Å². The zero-order valence-electron chi connectivity index (χ0n) is 26.5. The second-order valence-corrected chi connectivity index (χ2v) is 12.0. The fourth-order valence-electron chi connectivity index (χ4n) is 6.49. The van der Waals surface area contributed by atoms with Crippen LogP contribution in [0, 0.1) is 0 Å². The predicted molar refractivity (Wildman–Crippen MR) is 200 cm³/mol. The van der Waals surface area contributed by atoms with E-state index in [4.69, 9.17) is 19.4 Å². The maximum atomic E-state index is 6.11. The van der Waals surface area contributed by atoms with Crippen molar-refractivity contribution in [2.75, 3.05) is 0 Å². The van der Waals surface area contributed by atoms with Gasteiger partial charge in [0.05, 0.1) is 11.4 Å². The fraction of sp³-hybridized carbons (Fsp3) is 0. The molecule has 0 aliphatic carbocycles. The highest BCUT2D eigenvalue weighted by Gasteiger charge is 2.16. The van der Waals surface area contributed by atoms with Crippen molar-refractivity contribution in [3.8, 4) is 67.6 Å². The summed E-state index contributed by atoms with van der Waals surface area (Å²) in [5.41, 5.74) is 11.9. The number of fused-ring (bicyclic) bond motifs is 2. The molecule has 2 aromatic heterocycles. The molecule has 0 bridgehead atoms. The molecular weight excluding hydrogens is 599 g/mol. The summed E-state index contributed by atoms with van der Waals surface area (Å²) in [5, 5.41) is 2.26. The molecule has 0 saturated carbocycles. The summed E-state index contributed by atoms with van der Waals surface area (Å²) in [4.78, 5) is 15.1. The van der Waals surface area contributed by atoms with Crippen molar-refractivity contribution in [2.45, 2.75) is 0 Å². The van der Waals surface area contributed by atoms with E-state index < -0.39 is 0 Å². The van der Waals surface area contributed by atoms with Crippen LogP contribution in [-0.2, 0) is 0 Å². The Hall–Kier alpha value is -6.65. The first-order valence-corrected chi connectivity index (χ1v) is 16.4. The van der Waals surface area contributed by atoms with E-state index in [1.165, 1.54) is 5.56 Å². The summed E-state index contributed by atoms with van der Waals surface area (Å²) in [5.74, 6) is 1.31. The molecule has 49 heavy (non-hydrogen) atoms. The molecule has 9 rings (SSSR count). The number of oxazole rings is 1. The molecule has 4 nitrogen and oxygen atoms in total. The van der Waals surface area contributed by atoms with Crippen LogP contribution >= 0.6 is 0 Å². The molecule has 0 unspecified atom stereocenters. The summed E-state index contributed by atoms with van der Waals surface area (Å²) >= 11 is 0. The first kappa shape index (κ1) is 28.6. The van der Waals surface area contributed by atoms with E-state index >= 15 is 0 Å². The Morgan fingerprint density at radius 2 is 0.878 bits per heavy atom. The average molecular weight is 628 g/mol. The number of hydrogen-bond donors (Lipinski definition) is 0. The maximum absolute atomic E-state index is 6.11. The zero-order chi connectivity index (χ0) is 32.6. The third-order valence-corrected chi connectivity index (χ3v) is 8.97. The van der Waals surface area contributed by atoms with Crippen molar-refractivity contribution in [1.82, 2.24) is 15.0 Å². The van der Waals surface area contributed by atoms with E-state index in [-0.39, 0.29) is 0 Å². The highest BCUT2D eigenvalue weighted by Crippen LogP contribution is 2.38. The molecule has 0 radical (unpaired) electrons. The summed E-state index contributed by atoms with van der Waals surface area (Å²) in [7, 11) is 0. The topological polar surface area (TPSA) is 51.8 Å². The SMILES string of the molecule is c1ccc(-c2ccc(-c3nc(-c4ccccc4)cc(-c4ccc(-c5ccc6oc(-c7ccccc7)nc6c5)c5ccccc45)n3)cc2)cc1. The van der Waals surface area contributed by atoms with Crippen LogP contribution in [0.5, 0.6) is 0 Å². The van der Waals surface area contributed by atoms with E-state index in [0.29, 0.717) is 11.7 Å². The average Bonchev–Trinajstić information content (AvgIpc) is 3.62. The van der Waals surface area contributed by atoms with Gasteiger partial charge in [-0.2, -0.15) is 0 Å². The molecule has 9 aromatic rings. The predicted octanol–water partition coefficient (Wildman–Crippen LogP) is 11.8. The van der Waals surface area contributed by atoms with Gasteiger partial charge in [-0.15, -0.1) is 0 Å². The maximum Gasteiger partial charge on any atom is 0.227 e. The molecule has 2 heterocycles. The van der Waals surface area contributed by atoms with Crippen LogP contribution in [0.3, 0.4) is 0 Å². The van der Waals surface area contributed by atoms with Crippen molar-refractivity contribution in [1.29, 1.82) is 0 Å². The lowest BCUT2D eigenvalue weighted by Crippen LogP contribution is -1.97. The molecule has 0 aliphatic rings. The summed E-state index contributed by atoms with van der Waals surface area (Å²) in [6.45, 7) is 0. The minimum atomic E-state index is 0.622. The zero-order valence-corrected chi connectivity index (χ0v) is 26.5. The second-order valence-electron chi connectivity index (χ2n) is 12.0. The normalized spacial score (nSPS) is 11.3. The van der Waals surface area contributed by atoms with Gasteiger partial charge in [0.2, 0.25) is 5.89 Å². The Balaban J connectivity index is 1.16. The van der Waals surface area contributed by atoms with Crippen LogP contribution < -0.4 is 0 Å². The minimum Gasteiger partial charge on any atom is -0.436 e. The Bertz CT molecular complexity index is 2580. The number of hydrogen-bond acceptors (Lipinski definition) is 4. The highest BCUT2D eigenvalue weighted by molar-refractivity contribution is 6.05. The van der Waals surface area contributed by atoms with Gasteiger partial charge in [0, 0.05) is 22.3 Å². The quantitative estimate of drug-likeness (QED) is 0.184. The van der Waals surface area contributed by atoms with Crippen molar-refractivity contribution in [2.24, 2.45) is 0 Å².